The monoisotopic (exact) mass is 338 g/mol. The third kappa shape index (κ3) is 1.97. The Balaban J connectivity index is 0.00000110. The minimum atomic E-state index is -0.0345. The maximum atomic E-state index is 6.44. The Hall–Kier alpha value is 1.05. The first-order chi connectivity index (χ1) is 8.52. The van der Waals surface area contributed by atoms with Crippen LogP contribution in [-0.4, -0.2) is 31.3 Å². The first-order valence-corrected chi connectivity index (χ1v) is 7.58. The maximum absolute atomic E-state index is 6.44. The molecule has 3 nitrogen and oxygen atoms in total. The Morgan fingerprint density at radius 3 is 2.63 bits per heavy atom. The van der Waals surface area contributed by atoms with E-state index in [0.717, 1.165) is 12.5 Å². The van der Waals surface area contributed by atoms with Crippen molar-refractivity contribution in [3.05, 3.63) is 0 Å². The molecule has 3 saturated carbocycles. The summed E-state index contributed by atoms with van der Waals surface area (Å²) in [5.41, 5.74) is 0.416. The molecule has 5 rings (SSSR count). The van der Waals surface area contributed by atoms with Crippen molar-refractivity contribution < 1.29 is 42.0 Å². The van der Waals surface area contributed by atoms with E-state index in [1.54, 1.807) is 0 Å². The third-order valence-corrected chi connectivity index (χ3v) is 6.40. The number of hydrogen-bond acceptors (Lipinski definition) is 3. The van der Waals surface area contributed by atoms with Crippen molar-refractivity contribution >= 4 is 7.12 Å². The smallest absolute Gasteiger partial charge is 0.404 e. The minimum absolute atomic E-state index is 0. The van der Waals surface area contributed by atoms with Crippen LogP contribution in [0, 0.1) is 17.3 Å². The van der Waals surface area contributed by atoms with Gasteiger partial charge >= 0.3 is 7.12 Å². The summed E-state index contributed by atoms with van der Waals surface area (Å²) in [6.07, 6.45) is 5.33. The summed E-state index contributed by atoms with van der Waals surface area (Å²) in [5, 5.41) is 3.52. The van der Waals surface area contributed by atoms with E-state index in [0.29, 0.717) is 23.4 Å². The summed E-state index contributed by atoms with van der Waals surface area (Å²) in [6.45, 7) is 8.25. The van der Waals surface area contributed by atoms with Crippen molar-refractivity contribution in [2.45, 2.75) is 64.1 Å². The first-order valence-electron chi connectivity index (χ1n) is 7.58. The average molecular weight is 338 g/mol. The molecule has 0 aromatic heterocycles. The van der Waals surface area contributed by atoms with Gasteiger partial charge in [-0.15, -0.1) is 0 Å². The van der Waals surface area contributed by atoms with E-state index in [1.807, 2.05) is 0 Å². The topological polar surface area (TPSA) is 30.5 Å². The summed E-state index contributed by atoms with van der Waals surface area (Å²) in [7, 11) is -0.00218. The molecule has 0 aromatic carbocycles. The van der Waals surface area contributed by atoms with Crippen LogP contribution in [0.5, 0.6) is 0 Å². The molecule has 5 atom stereocenters. The zero-order valence-corrected chi connectivity index (χ0v) is 15.2. The van der Waals surface area contributed by atoms with E-state index in [1.165, 1.54) is 25.7 Å². The van der Waals surface area contributed by atoms with E-state index in [9.17, 15) is 0 Å². The molecular formula is C14H24BNO2Y. The number of hydrogen-bond donors (Lipinski definition) is 1. The predicted molar refractivity (Wildman–Crippen MR) is 71.1 cm³/mol. The molecule has 5 aliphatic rings. The molecule has 0 unspecified atom stereocenters. The molecule has 3 aliphatic carbocycles. The largest absolute Gasteiger partial charge is 0.475 e. The van der Waals surface area contributed by atoms with Gasteiger partial charge in [-0.3, -0.25) is 0 Å². The normalized spacial score (nSPS) is 50.4. The zero-order valence-electron chi connectivity index (χ0n) is 12.3. The van der Waals surface area contributed by atoms with Crippen molar-refractivity contribution in [2.24, 2.45) is 17.3 Å². The Labute approximate surface area is 142 Å². The fourth-order valence-electron chi connectivity index (χ4n) is 5.01. The Kier molecular flexibility index (Phi) is 3.76. The Morgan fingerprint density at radius 1 is 1.21 bits per heavy atom. The fourth-order valence-corrected chi connectivity index (χ4v) is 5.01. The van der Waals surface area contributed by atoms with Gasteiger partial charge in [0.2, 0.25) is 0 Å². The third-order valence-electron chi connectivity index (χ3n) is 6.40. The van der Waals surface area contributed by atoms with Gasteiger partial charge in [-0.05, 0) is 56.4 Å². The second-order valence-electron chi connectivity index (χ2n) is 7.54. The first kappa shape index (κ1) is 15.0. The Morgan fingerprint density at radius 2 is 2.00 bits per heavy atom. The van der Waals surface area contributed by atoms with E-state index in [4.69, 9.17) is 9.31 Å². The van der Waals surface area contributed by atoms with Gasteiger partial charge in [-0.1, -0.05) is 13.8 Å². The van der Waals surface area contributed by atoms with Gasteiger partial charge in [-0.25, -0.2) is 0 Å². The fraction of sp³-hybridized carbons (Fsp3) is 1.00. The standard InChI is InChI=1S/C14H24BNO2.Y/c1-13(2)9-7-10(13)14(3)11(8-9)17-15(18-14)12-5-4-6-16-12;/h9-12,16H,4-8H2,1-3H3;/t9-,10-,11+,12-,14-;/m0./s1. The van der Waals surface area contributed by atoms with E-state index < -0.39 is 0 Å². The van der Waals surface area contributed by atoms with Gasteiger partial charge in [0.05, 0.1) is 11.7 Å². The van der Waals surface area contributed by atoms with Crippen LogP contribution < -0.4 is 5.32 Å². The molecular weight excluding hydrogens is 314 g/mol. The van der Waals surface area contributed by atoms with Crippen LogP contribution in [0.1, 0.15) is 46.5 Å². The van der Waals surface area contributed by atoms with Gasteiger partial charge < -0.3 is 14.6 Å². The van der Waals surface area contributed by atoms with Crippen molar-refractivity contribution in [1.29, 1.82) is 0 Å². The van der Waals surface area contributed by atoms with Gasteiger partial charge in [-0.2, -0.15) is 0 Å². The minimum Gasteiger partial charge on any atom is -0.404 e. The average Bonchev–Trinajstić information content (AvgIpc) is 2.92. The molecule has 1 radical (unpaired) electrons. The van der Waals surface area contributed by atoms with Gasteiger partial charge in [0, 0.05) is 38.7 Å². The molecule has 2 heterocycles. The molecule has 103 valence electrons. The van der Waals surface area contributed by atoms with Gasteiger partial charge in [0.1, 0.15) is 0 Å². The predicted octanol–water partition coefficient (Wildman–Crippen LogP) is 2.00. The maximum Gasteiger partial charge on any atom is 0.475 e. The number of nitrogens with one attached hydrogen (secondary N) is 1. The Bertz CT molecular complexity index is 374. The molecule has 19 heavy (non-hydrogen) atoms. The zero-order chi connectivity index (χ0) is 12.5. The van der Waals surface area contributed by atoms with Crippen LogP contribution in [0.4, 0.5) is 0 Å². The van der Waals surface area contributed by atoms with Crippen molar-refractivity contribution in [2.75, 3.05) is 6.54 Å². The quantitative estimate of drug-likeness (QED) is 0.742. The molecule has 0 aromatic rings. The van der Waals surface area contributed by atoms with Gasteiger partial charge in [0.25, 0.3) is 0 Å². The summed E-state index contributed by atoms with van der Waals surface area (Å²) < 4.78 is 12.7. The van der Waals surface area contributed by atoms with Crippen molar-refractivity contribution in [3.8, 4) is 0 Å². The SMILES string of the molecule is CC1(C)[C@@H]2C[C@H]3OB([C@@H]4CCCN4)O[C@@]3(C)[C@H]1C2.[Y]. The van der Waals surface area contributed by atoms with Crippen molar-refractivity contribution in [3.63, 3.8) is 0 Å². The van der Waals surface area contributed by atoms with E-state index in [2.05, 4.69) is 26.1 Å². The van der Waals surface area contributed by atoms with E-state index in [-0.39, 0.29) is 45.4 Å². The van der Waals surface area contributed by atoms with Gasteiger partial charge in [0.15, 0.2) is 0 Å². The van der Waals surface area contributed by atoms with Crippen LogP contribution in [0.3, 0.4) is 0 Å². The second-order valence-corrected chi connectivity index (χ2v) is 7.54. The summed E-state index contributed by atoms with van der Waals surface area (Å²) in [6, 6.07) is 0. The van der Waals surface area contributed by atoms with Crippen LogP contribution in [0.15, 0.2) is 0 Å². The van der Waals surface area contributed by atoms with Crippen LogP contribution in [0.25, 0.3) is 0 Å². The molecule has 2 bridgehead atoms. The van der Waals surface area contributed by atoms with Crippen LogP contribution in [0.2, 0.25) is 0 Å². The molecule has 0 spiro atoms. The molecule has 5 heteroatoms. The number of rotatable bonds is 1. The second kappa shape index (κ2) is 4.78. The summed E-state index contributed by atoms with van der Waals surface area (Å²) in [5.74, 6) is 1.95. The molecule has 1 N–H and O–H groups in total. The van der Waals surface area contributed by atoms with Crippen LogP contribution in [-0.2, 0) is 42.0 Å². The molecule has 2 aliphatic heterocycles. The molecule has 2 saturated heterocycles. The molecule has 0 amide bonds. The summed E-state index contributed by atoms with van der Waals surface area (Å²) in [4.78, 5) is 0. The summed E-state index contributed by atoms with van der Waals surface area (Å²) >= 11 is 0. The van der Waals surface area contributed by atoms with E-state index >= 15 is 0 Å². The molecule has 5 fully saturated rings. The van der Waals surface area contributed by atoms with Crippen molar-refractivity contribution in [1.82, 2.24) is 5.32 Å². The van der Waals surface area contributed by atoms with Crippen LogP contribution >= 0.6 is 0 Å².